The highest BCUT2D eigenvalue weighted by atomic mass is 15.0. The van der Waals surface area contributed by atoms with Crippen LogP contribution in [-0.2, 0) is 6.54 Å². The number of aryl methyl sites for hydroxylation is 2. The standard InChI is InChI=1S/C13H15N3/c1-10-5-3-6-11(2)13(10)16-9-12-14-7-4-8-15-12/h3-8,16H,9H2,1-2H3. The molecule has 0 saturated heterocycles. The molecule has 0 radical (unpaired) electrons. The Labute approximate surface area is 95.6 Å². The van der Waals surface area contributed by atoms with Crippen LogP contribution < -0.4 is 5.32 Å². The smallest absolute Gasteiger partial charge is 0.147 e. The molecule has 3 nitrogen and oxygen atoms in total. The first-order chi connectivity index (χ1) is 7.77. The summed E-state index contributed by atoms with van der Waals surface area (Å²) in [5.41, 5.74) is 3.67. The van der Waals surface area contributed by atoms with E-state index >= 15 is 0 Å². The normalized spacial score (nSPS) is 10.1. The molecular formula is C13H15N3. The molecule has 0 bridgehead atoms. The highest BCUT2D eigenvalue weighted by molar-refractivity contribution is 5.56. The van der Waals surface area contributed by atoms with E-state index in [1.54, 1.807) is 12.4 Å². The van der Waals surface area contributed by atoms with E-state index in [0.717, 1.165) is 5.82 Å². The molecular weight excluding hydrogens is 198 g/mol. The van der Waals surface area contributed by atoms with Gasteiger partial charge in [-0.05, 0) is 31.0 Å². The quantitative estimate of drug-likeness (QED) is 0.851. The number of para-hydroxylation sites is 1. The van der Waals surface area contributed by atoms with E-state index in [0.29, 0.717) is 6.54 Å². The van der Waals surface area contributed by atoms with Gasteiger partial charge in [0.25, 0.3) is 0 Å². The number of anilines is 1. The molecule has 0 aliphatic rings. The molecule has 2 aromatic rings. The largest absolute Gasteiger partial charge is 0.377 e. The molecule has 0 atom stereocenters. The average Bonchev–Trinajstić information content (AvgIpc) is 2.30. The molecule has 0 unspecified atom stereocenters. The molecule has 0 saturated carbocycles. The highest BCUT2D eigenvalue weighted by Crippen LogP contribution is 2.19. The summed E-state index contributed by atoms with van der Waals surface area (Å²) >= 11 is 0. The molecule has 0 fully saturated rings. The number of nitrogens with zero attached hydrogens (tertiary/aromatic N) is 2. The van der Waals surface area contributed by atoms with Gasteiger partial charge in [0.15, 0.2) is 0 Å². The first-order valence-electron chi connectivity index (χ1n) is 5.33. The SMILES string of the molecule is Cc1cccc(C)c1NCc1ncccn1. The van der Waals surface area contributed by atoms with Crippen LogP contribution in [0.15, 0.2) is 36.7 Å². The van der Waals surface area contributed by atoms with Crippen LogP contribution in [0, 0.1) is 13.8 Å². The Hall–Kier alpha value is -1.90. The van der Waals surface area contributed by atoms with Crippen molar-refractivity contribution < 1.29 is 0 Å². The van der Waals surface area contributed by atoms with Gasteiger partial charge in [-0.3, -0.25) is 0 Å². The van der Waals surface area contributed by atoms with Crippen LogP contribution in [0.25, 0.3) is 0 Å². The number of benzene rings is 1. The Morgan fingerprint density at radius 1 is 1.00 bits per heavy atom. The van der Waals surface area contributed by atoms with Crippen LogP contribution in [0.3, 0.4) is 0 Å². The number of rotatable bonds is 3. The Kier molecular flexibility index (Phi) is 3.15. The van der Waals surface area contributed by atoms with Crippen molar-refractivity contribution >= 4 is 5.69 Å². The predicted octanol–water partition coefficient (Wildman–Crippen LogP) is 2.71. The summed E-state index contributed by atoms with van der Waals surface area (Å²) in [6, 6.07) is 8.08. The van der Waals surface area contributed by atoms with Crippen molar-refractivity contribution in [1.29, 1.82) is 0 Å². The fourth-order valence-corrected chi connectivity index (χ4v) is 1.68. The van der Waals surface area contributed by atoms with E-state index in [1.165, 1.54) is 16.8 Å². The molecule has 0 spiro atoms. The minimum Gasteiger partial charge on any atom is -0.377 e. The fraction of sp³-hybridized carbons (Fsp3) is 0.231. The summed E-state index contributed by atoms with van der Waals surface area (Å²) in [6.45, 7) is 4.86. The second-order valence-electron chi connectivity index (χ2n) is 3.79. The van der Waals surface area contributed by atoms with Crippen LogP contribution in [0.1, 0.15) is 17.0 Å². The first kappa shape index (κ1) is 10.6. The maximum atomic E-state index is 4.18. The van der Waals surface area contributed by atoms with Gasteiger partial charge in [0.1, 0.15) is 5.82 Å². The Bertz CT molecular complexity index is 446. The number of hydrogen-bond acceptors (Lipinski definition) is 3. The molecule has 3 heteroatoms. The molecule has 1 aromatic carbocycles. The number of aromatic nitrogens is 2. The molecule has 0 amide bonds. The van der Waals surface area contributed by atoms with Crippen molar-refractivity contribution in [3.63, 3.8) is 0 Å². The lowest BCUT2D eigenvalue weighted by molar-refractivity contribution is 0.945. The lowest BCUT2D eigenvalue weighted by Crippen LogP contribution is -2.05. The van der Waals surface area contributed by atoms with Crippen molar-refractivity contribution in [3.8, 4) is 0 Å². The summed E-state index contributed by atoms with van der Waals surface area (Å²) in [5, 5.41) is 3.37. The average molecular weight is 213 g/mol. The molecule has 2 rings (SSSR count). The first-order valence-corrected chi connectivity index (χ1v) is 5.33. The lowest BCUT2D eigenvalue weighted by atomic mass is 10.1. The van der Waals surface area contributed by atoms with Crippen LogP contribution in [0.2, 0.25) is 0 Å². The van der Waals surface area contributed by atoms with E-state index in [9.17, 15) is 0 Å². The number of hydrogen-bond donors (Lipinski definition) is 1. The summed E-state index contributed by atoms with van der Waals surface area (Å²) in [7, 11) is 0. The van der Waals surface area contributed by atoms with Gasteiger partial charge in [0, 0.05) is 18.1 Å². The second kappa shape index (κ2) is 4.75. The van der Waals surface area contributed by atoms with Crippen LogP contribution in [-0.4, -0.2) is 9.97 Å². The fourth-order valence-electron chi connectivity index (χ4n) is 1.68. The van der Waals surface area contributed by atoms with Gasteiger partial charge < -0.3 is 5.32 Å². The third-order valence-electron chi connectivity index (χ3n) is 2.52. The van der Waals surface area contributed by atoms with Gasteiger partial charge in [-0.2, -0.15) is 0 Å². The Balaban J connectivity index is 2.11. The Morgan fingerprint density at radius 2 is 1.62 bits per heavy atom. The van der Waals surface area contributed by atoms with Crippen LogP contribution in [0.4, 0.5) is 5.69 Å². The van der Waals surface area contributed by atoms with E-state index in [2.05, 4.69) is 47.3 Å². The monoisotopic (exact) mass is 213 g/mol. The second-order valence-corrected chi connectivity index (χ2v) is 3.79. The van der Waals surface area contributed by atoms with Gasteiger partial charge >= 0.3 is 0 Å². The number of nitrogens with one attached hydrogen (secondary N) is 1. The maximum Gasteiger partial charge on any atom is 0.147 e. The Morgan fingerprint density at radius 3 is 2.25 bits per heavy atom. The van der Waals surface area contributed by atoms with E-state index in [-0.39, 0.29) is 0 Å². The topological polar surface area (TPSA) is 37.8 Å². The third kappa shape index (κ3) is 2.37. The molecule has 0 aliphatic carbocycles. The zero-order valence-corrected chi connectivity index (χ0v) is 9.57. The molecule has 0 aliphatic heterocycles. The third-order valence-corrected chi connectivity index (χ3v) is 2.52. The zero-order chi connectivity index (χ0) is 11.4. The molecule has 1 heterocycles. The summed E-state index contributed by atoms with van der Waals surface area (Å²) in [6.07, 6.45) is 3.52. The van der Waals surface area contributed by atoms with Crippen molar-refractivity contribution in [3.05, 3.63) is 53.6 Å². The lowest BCUT2D eigenvalue weighted by Gasteiger charge is -2.11. The van der Waals surface area contributed by atoms with Gasteiger partial charge in [-0.25, -0.2) is 9.97 Å². The summed E-state index contributed by atoms with van der Waals surface area (Å²) in [5.74, 6) is 0.810. The van der Waals surface area contributed by atoms with Crippen LogP contribution >= 0.6 is 0 Å². The van der Waals surface area contributed by atoms with E-state index < -0.39 is 0 Å². The molecule has 16 heavy (non-hydrogen) atoms. The molecule has 1 aromatic heterocycles. The van der Waals surface area contributed by atoms with Gasteiger partial charge in [0.2, 0.25) is 0 Å². The van der Waals surface area contributed by atoms with Gasteiger partial charge in [-0.15, -0.1) is 0 Å². The van der Waals surface area contributed by atoms with Crippen molar-refractivity contribution in [1.82, 2.24) is 9.97 Å². The zero-order valence-electron chi connectivity index (χ0n) is 9.57. The van der Waals surface area contributed by atoms with Crippen molar-refractivity contribution in [2.45, 2.75) is 20.4 Å². The van der Waals surface area contributed by atoms with Gasteiger partial charge in [-0.1, -0.05) is 18.2 Å². The molecule has 82 valence electrons. The van der Waals surface area contributed by atoms with Gasteiger partial charge in [0.05, 0.1) is 6.54 Å². The minimum atomic E-state index is 0.659. The highest BCUT2D eigenvalue weighted by Gasteiger charge is 2.01. The van der Waals surface area contributed by atoms with Crippen molar-refractivity contribution in [2.24, 2.45) is 0 Å². The summed E-state index contributed by atoms with van der Waals surface area (Å²) < 4.78 is 0. The van der Waals surface area contributed by atoms with Crippen molar-refractivity contribution in [2.75, 3.05) is 5.32 Å². The summed E-state index contributed by atoms with van der Waals surface area (Å²) in [4.78, 5) is 8.36. The van der Waals surface area contributed by atoms with E-state index in [1.807, 2.05) is 6.07 Å². The molecule has 1 N–H and O–H groups in total. The predicted molar refractivity (Wildman–Crippen MR) is 65.3 cm³/mol. The maximum absolute atomic E-state index is 4.18. The van der Waals surface area contributed by atoms with Crippen LogP contribution in [0.5, 0.6) is 0 Å². The minimum absolute atomic E-state index is 0.659. The van der Waals surface area contributed by atoms with E-state index in [4.69, 9.17) is 0 Å².